The molecule has 47 heavy (non-hydrogen) atoms. The quantitative estimate of drug-likeness (QED) is 0.0516. The van der Waals surface area contributed by atoms with Gasteiger partial charge in [-0.25, -0.2) is 8.78 Å². The number of amides is 1. The zero-order valence-electron chi connectivity index (χ0n) is 27.7. The van der Waals surface area contributed by atoms with Gasteiger partial charge in [-0.15, -0.1) is 0 Å². The number of thioether (sulfide) groups is 1. The fraction of sp³-hybridized carbons (Fsp3) is 0.576. The van der Waals surface area contributed by atoms with E-state index >= 15 is 17.6 Å². The number of unbranched alkanes of at least 4 members (excludes halogenated alkanes) is 1. The molecule has 1 unspecified atom stereocenters. The second kappa shape index (κ2) is 18.2. The molecule has 8 nitrogen and oxygen atoms in total. The van der Waals surface area contributed by atoms with Gasteiger partial charge in [0, 0.05) is 41.7 Å². The van der Waals surface area contributed by atoms with E-state index in [0.717, 1.165) is 11.8 Å². The van der Waals surface area contributed by atoms with Crippen molar-refractivity contribution in [3.8, 4) is 5.75 Å². The second-order valence-electron chi connectivity index (χ2n) is 12.9. The lowest BCUT2D eigenvalue weighted by Gasteiger charge is -2.31. The molecular formula is C33H47F4N2O6S2+. The summed E-state index contributed by atoms with van der Waals surface area (Å²) in [5, 5.41) is 2.70. The molecule has 0 aliphatic carbocycles. The van der Waals surface area contributed by atoms with Crippen LogP contribution >= 0.6 is 11.8 Å². The number of hydrogen-bond acceptors (Lipinski definition) is 6. The van der Waals surface area contributed by atoms with Crippen LogP contribution in [0.5, 0.6) is 5.75 Å². The van der Waals surface area contributed by atoms with Gasteiger partial charge in [0.1, 0.15) is 0 Å². The van der Waals surface area contributed by atoms with Crippen LogP contribution in [0.2, 0.25) is 0 Å². The van der Waals surface area contributed by atoms with Crippen LogP contribution in [-0.4, -0.2) is 80.3 Å². The van der Waals surface area contributed by atoms with Crippen molar-refractivity contribution in [3.63, 3.8) is 0 Å². The van der Waals surface area contributed by atoms with E-state index in [9.17, 15) is 18.0 Å². The Kier molecular flexibility index (Phi) is 15.7. The third kappa shape index (κ3) is 13.0. The molecule has 0 heterocycles. The summed E-state index contributed by atoms with van der Waals surface area (Å²) in [5.41, 5.74) is -1.35. The highest BCUT2D eigenvalue weighted by molar-refractivity contribution is 8.14. The van der Waals surface area contributed by atoms with E-state index in [2.05, 4.69) is 5.32 Å². The van der Waals surface area contributed by atoms with Crippen LogP contribution in [0.3, 0.4) is 0 Å². The Morgan fingerprint density at radius 1 is 0.957 bits per heavy atom. The summed E-state index contributed by atoms with van der Waals surface area (Å²) in [7, 11) is -0.234. The fourth-order valence-corrected chi connectivity index (χ4v) is 6.54. The molecule has 1 amide bonds. The van der Waals surface area contributed by atoms with E-state index in [1.54, 1.807) is 51.1 Å². The first-order chi connectivity index (χ1) is 21.9. The maximum absolute atomic E-state index is 15.3. The molecular weight excluding hydrogens is 660 g/mol. The van der Waals surface area contributed by atoms with Crippen LogP contribution in [0.1, 0.15) is 81.1 Å². The van der Waals surface area contributed by atoms with Crippen molar-refractivity contribution in [2.75, 3.05) is 51.8 Å². The van der Waals surface area contributed by atoms with Gasteiger partial charge in [0.2, 0.25) is 22.7 Å². The second-order valence-corrected chi connectivity index (χ2v) is 15.5. The molecule has 0 aliphatic rings. The average molecular weight is 708 g/mol. The Balaban J connectivity index is 1.94. The van der Waals surface area contributed by atoms with Gasteiger partial charge in [0.15, 0.2) is 17.4 Å². The van der Waals surface area contributed by atoms with E-state index in [1.165, 1.54) is 0 Å². The van der Waals surface area contributed by atoms with E-state index in [4.69, 9.17) is 9.29 Å². The number of halogens is 4. The molecule has 2 aromatic carbocycles. The van der Waals surface area contributed by atoms with Gasteiger partial charge in [0.25, 0.3) is 10.1 Å². The first-order valence-electron chi connectivity index (χ1n) is 15.7. The van der Waals surface area contributed by atoms with Crippen molar-refractivity contribution < 1.29 is 49.3 Å². The number of quaternary nitrogens is 1. The van der Waals surface area contributed by atoms with Crippen LogP contribution in [0, 0.1) is 28.7 Å². The summed E-state index contributed by atoms with van der Waals surface area (Å²) in [4.78, 5) is 25.2. The smallest absolute Gasteiger partial charge is 0.265 e. The number of hydrogen-bond donors (Lipinski definition) is 2. The largest absolute Gasteiger partial charge is 0.487 e. The van der Waals surface area contributed by atoms with Gasteiger partial charge in [-0.1, -0.05) is 62.9 Å². The van der Waals surface area contributed by atoms with Crippen LogP contribution < -0.4 is 10.1 Å². The normalized spacial score (nSPS) is 13.0. The molecule has 2 N–H and O–H groups in total. The zero-order chi connectivity index (χ0) is 35.4. The lowest BCUT2D eigenvalue weighted by Crippen LogP contribution is -2.44. The van der Waals surface area contributed by atoms with E-state index < -0.39 is 61.9 Å². The summed E-state index contributed by atoms with van der Waals surface area (Å²) >= 11 is 1.09. The number of benzene rings is 2. The number of rotatable bonds is 20. The van der Waals surface area contributed by atoms with Crippen molar-refractivity contribution in [1.82, 2.24) is 5.32 Å². The molecule has 0 radical (unpaired) electrons. The minimum absolute atomic E-state index is 0.0845. The molecule has 0 fully saturated rings. The predicted molar refractivity (Wildman–Crippen MR) is 176 cm³/mol. The molecule has 0 spiro atoms. The van der Waals surface area contributed by atoms with Gasteiger partial charge >= 0.3 is 0 Å². The molecule has 2 aromatic rings. The maximum atomic E-state index is 15.3. The number of ether oxygens (including phenoxy) is 1. The van der Waals surface area contributed by atoms with E-state index in [0.29, 0.717) is 54.7 Å². The van der Waals surface area contributed by atoms with Crippen molar-refractivity contribution in [1.29, 1.82) is 0 Å². The first kappa shape index (κ1) is 40.5. The zero-order valence-corrected chi connectivity index (χ0v) is 29.3. The molecule has 0 saturated heterocycles. The number of carbonyl (C=O) groups is 2. The lowest BCUT2D eigenvalue weighted by atomic mass is 9.77. The van der Waals surface area contributed by atoms with Gasteiger partial charge in [0.05, 0.1) is 39.5 Å². The molecule has 0 aliphatic heterocycles. The Morgan fingerprint density at radius 3 is 2.13 bits per heavy atom. The molecule has 1 atom stereocenters. The van der Waals surface area contributed by atoms with Crippen molar-refractivity contribution >= 4 is 32.9 Å². The summed E-state index contributed by atoms with van der Waals surface area (Å²) in [6.45, 7) is 5.98. The minimum Gasteiger partial charge on any atom is -0.487 e. The van der Waals surface area contributed by atoms with Crippen molar-refractivity contribution in [3.05, 3.63) is 64.7 Å². The summed E-state index contributed by atoms with van der Waals surface area (Å²) in [5.74, 6) is -8.81. The highest BCUT2D eigenvalue weighted by Crippen LogP contribution is 2.40. The SMILES string of the molecule is CCC(CC(C)(C)C(=O)NCCC[N+](C)(C)CCCS(=O)(=O)O)c1c(F)c(F)c(OCCCCSC(=O)c2ccccc2)c(F)c1F. The third-order valence-electron chi connectivity index (χ3n) is 7.95. The number of nitrogens with zero attached hydrogens (tertiary/aromatic N) is 1. The van der Waals surface area contributed by atoms with Crippen LogP contribution in [0.4, 0.5) is 17.6 Å². The van der Waals surface area contributed by atoms with Crippen molar-refractivity contribution in [2.24, 2.45) is 5.41 Å². The van der Waals surface area contributed by atoms with E-state index in [1.807, 2.05) is 14.1 Å². The first-order valence-corrected chi connectivity index (χ1v) is 18.3. The van der Waals surface area contributed by atoms with Gasteiger partial charge in [-0.05, 0) is 31.6 Å². The molecule has 0 aromatic heterocycles. The lowest BCUT2D eigenvalue weighted by molar-refractivity contribution is -0.890. The highest BCUT2D eigenvalue weighted by Gasteiger charge is 2.36. The Morgan fingerprint density at radius 2 is 1.55 bits per heavy atom. The van der Waals surface area contributed by atoms with Gasteiger partial charge < -0.3 is 14.5 Å². The molecule has 14 heteroatoms. The monoisotopic (exact) mass is 707 g/mol. The molecule has 264 valence electrons. The summed E-state index contributed by atoms with van der Waals surface area (Å²) in [6, 6.07) is 8.70. The third-order valence-corrected chi connectivity index (χ3v) is 9.74. The Bertz CT molecular complexity index is 1430. The number of nitrogens with one attached hydrogen (secondary N) is 1. The Labute approximate surface area is 280 Å². The minimum atomic E-state index is -4.03. The molecule has 2 rings (SSSR count). The average Bonchev–Trinajstić information content (AvgIpc) is 3.00. The van der Waals surface area contributed by atoms with Crippen LogP contribution in [0.15, 0.2) is 30.3 Å². The standard InChI is InChI=1S/C33H46F4N2O6S2/c1-6-23(22-33(2,3)32(41)38-16-12-17-39(4,5)18-13-21-47(42,43)44)25-26(34)28(36)30(29(37)27(25)35)45-19-10-11-20-46-31(40)24-14-8-7-9-15-24/h7-9,14-15,23H,6,10-13,16-22H2,1-5H3,(H-,38,41,42,43,44)/p+1. The molecule has 0 saturated carbocycles. The van der Waals surface area contributed by atoms with Gasteiger partial charge in [-0.3, -0.25) is 14.1 Å². The molecule has 0 bridgehead atoms. The number of carbonyl (C=O) groups excluding carboxylic acids is 2. The highest BCUT2D eigenvalue weighted by atomic mass is 32.2. The van der Waals surface area contributed by atoms with Crippen LogP contribution in [-0.2, 0) is 14.9 Å². The van der Waals surface area contributed by atoms with Crippen LogP contribution in [0.25, 0.3) is 0 Å². The fourth-order valence-electron chi connectivity index (χ4n) is 5.21. The topological polar surface area (TPSA) is 110 Å². The Hall–Kier alpha value is -2.68. The van der Waals surface area contributed by atoms with Crippen molar-refractivity contribution in [2.45, 2.75) is 65.2 Å². The maximum Gasteiger partial charge on any atom is 0.265 e. The van der Waals surface area contributed by atoms with E-state index in [-0.39, 0.29) is 36.7 Å². The predicted octanol–water partition coefficient (Wildman–Crippen LogP) is 6.75. The van der Waals surface area contributed by atoms with Gasteiger partial charge in [-0.2, -0.15) is 17.2 Å². The summed E-state index contributed by atoms with van der Waals surface area (Å²) in [6.07, 6.45) is 1.63. The summed E-state index contributed by atoms with van der Waals surface area (Å²) < 4.78 is 96.9.